The molecule has 0 saturated heterocycles. The Balaban J connectivity index is 1.73. The highest BCUT2D eigenvalue weighted by Crippen LogP contribution is 2.36. The molecule has 5 nitrogen and oxygen atoms in total. The van der Waals surface area contributed by atoms with Gasteiger partial charge >= 0.3 is 0 Å². The fraction of sp³-hybridized carbons (Fsp3) is 0.188. The number of hydrogen-bond acceptors (Lipinski definition) is 4. The molecule has 22 heavy (non-hydrogen) atoms. The van der Waals surface area contributed by atoms with E-state index in [0.717, 1.165) is 12.0 Å². The number of anilines is 1. The number of fused-ring (bicyclic) bond motifs is 1. The lowest BCUT2D eigenvalue weighted by molar-refractivity contribution is 0.423. The smallest absolute Gasteiger partial charge is 0.243 e. The number of aromatic nitrogens is 4. The average Bonchev–Trinajstić information content (AvgIpc) is 3.04. The maximum absolute atomic E-state index is 13.2. The average molecular weight is 295 g/mol. The summed E-state index contributed by atoms with van der Waals surface area (Å²) in [4.78, 5) is 0. The first-order valence-electron chi connectivity index (χ1n) is 7.16. The number of nitrogens with one attached hydrogen (secondary N) is 1. The van der Waals surface area contributed by atoms with E-state index in [1.807, 2.05) is 18.2 Å². The van der Waals surface area contributed by atoms with Crippen molar-refractivity contribution in [3.05, 3.63) is 71.5 Å². The molecule has 1 aliphatic rings. The van der Waals surface area contributed by atoms with E-state index in [1.54, 1.807) is 16.8 Å². The summed E-state index contributed by atoms with van der Waals surface area (Å²) >= 11 is 0. The van der Waals surface area contributed by atoms with Gasteiger partial charge in [0.2, 0.25) is 5.95 Å². The van der Waals surface area contributed by atoms with Crippen molar-refractivity contribution in [2.75, 3.05) is 5.32 Å². The van der Waals surface area contributed by atoms with E-state index >= 15 is 0 Å². The molecule has 6 heteroatoms. The Morgan fingerprint density at radius 1 is 1.00 bits per heavy atom. The van der Waals surface area contributed by atoms with E-state index in [1.165, 1.54) is 17.7 Å². The molecule has 1 aromatic heterocycles. The lowest BCUT2D eigenvalue weighted by Gasteiger charge is -2.31. The Morgan fingerprint density at radius 2 is 1.77 bits per heavy atom. The van der Waals surface area contributed by atoms with Crippen LogP contribution in [0.5, 0.6) is 0 Å². The zero-order chi connectivity index (χ0) is 14.9. The van der Waals surface area contributed by atoms with Crippen molar-refractivity contribution in [1.82, 2.24) is 20.2 Å². The highest BCUT2D eigenvalue weighted by molar-refractivity contribution is 5.37. The van der Waals surface area contributed by atoms with Gasteiger partial charge in [0.05, 0.1) is 12.1 Å². The normalized spacial score (nSPS) is 20.2. The predicted octanol–water partition coefficient (Wildman–Crippen LogP) is 2.96. The van der Waals surface area contributed by atoms with Gasteiger partial charge in [0.25, 0.3) is 0 Å². The van der Waals surface area contributed by atoms with Crippen molar-refractivity contribution in [3.63, 3.8) is 0 Å². The molecule has 110 valence electrons. The van der Waals surface area contributed by atoms with Crippen LogP contribution < -0.4 is 5.32 Å². The molecule has 1 N–H and O–H groups in total. The molecule has 2 aromatic carbocycles. The standard InChI is InChI=1S/C16H14FN5/c17-13-8-6-12(7-9-13)15-10-14(11-4-2-1-3-5-11)18-16-19-20-21-22(15)16/h1-9,14-15H,10H2,(H,18,19,21). The molecule has 0 amide bonds. The maximum Gasteiger partial charge on any atom is 0.243 e. The number of rotatable bonds is 2. The number of hydrogen-bond donors (Lipinski definition) is 1. The highest BCUT2D eigenvalue weighted by atomic mass is 19.1. The van der Waals surface area contributed by atoms with Gasteiger partial charge < -0.3 is 5.32 Å². The molecule has 0 saturated carbocycles. The van der Waals surface area contributed by atoms with Crippen LogP contribution in [0, 0.1) is 5.82 Å². The van der Waals surface area contributed by atoms with Crippen molar-refractivity contribution in [2.24, 2.45) is 0 Å². The fourth-order valence-corrected chi connectivity index (χ4v) is 2.90. The maximum atomic E-state index is 13.2. The SMILES string of the molecule is Fc1ccc(C2CC(c3ccccc3)Nc3nnnn32)cc1. The lowest BCUT2D eigenvalue weighted by atomic mass is 9.93. The molecule has 4 rings (SSSR count). The molecule has 3 aromatic rings. The zero-order valence-corrected chi connectivity index (χ0v) is 11.7. The van der Waals surface area contributed by atoms with Gasteiger partial charge in [-0.15, -0.1) is 0 Å². The Labute approximate surface area is 126 Å². The minimum atomic E-state index is -0.241. The molecular formula is C16H14FN5. The van der Waals surface area contributed by atoms with Crippen molar-refractivity contribution in [3.8, 4) is 0 Å². The van der Waals surface area contributed by atoms with Gasteiger partial charge in [0.1, 0.15) is 5.82 Å². The van der Waals surface area contributed by atoms with E-state index in [-0.39, 0.29) is 17.9 Å². The molecule has 0 aliphatic carbocycles. The first kappa shape index (κ1) is 12.9. The largest absolute Gasteiger partial charge is 0.346 e. The molecular weight excluding hydrogens is 281 g/mol. The number of tetrazole rings is 1. The van der Waals surface area contributed by atoms with Crippen LogP contribution in [0.25, 0.3) is 0 Å². The molecule has 2 atom stereocenters. The van der Waals surface area contributed by atoms with Gasteiger partial charge in [-0.2, -0.15) is 0 Å². The van der Waals surface area contributed by atoms with E-state index in [9.17, 15) is 4.39 Å². The van der Waals surface area contributed by atoms with Crippen molar-refractivity contribution < 1.29 is 4.39 Å². The van der Waals surface area contributed by atoms with E-state index < -0.39 is 0 Å². The quantitative estimate of drug-likeness (QED) is 0.789. The zero-order valence-electron chi connectivity index (χ0n) is 11.7. The van der Waals surface area contributed by atoms with Crippen LogP contribution in [0.3, 0.4) is 0 Å². The Hall–Kier alpha value is -2.76. The van der Waals surface area contributed by atoms with E-state index in [0.29, 0.717) is 5.95 Å². The predicted molar refractivity (Wildman–Crippen MR) is 79.8 cm³/mol. The van der Waals surface area contributed by atoms with Gasteiger partial charge in [0, 0.05) is 0 Å². The van der Waals surface area contributed by atoms with Crippen LogP contribution in [0.15, 0.2) is 54.6 Å². The van der Waals surface area contributed by atoms with E-state index in [2.05, 4.69) is 33.0 Å². The number of halogens is 1. The third kappa shape index (κ3) is 2.22. The third-order valence-corrected chi connectivity index (χ3v) is 4.01. The first-order chi connectivity index (χ1) is 10.8. The summed E-state index contributed by atoms with van der Waals surface area (Å²) in [5, 5.41) is 15.2. The second kappa shape index (κ2) is 5.22. The van der Waals surface area contributed by atoms with Crippen LogP contribution in [0.4, 0.5) is 10.3 Å². The summed E-state index contributed by atoms with van der Waals surface area (Å²) in [7, 11) is 0. The summed E-state index contributed by atoms with van der Waals surface area (Å²) in [6.07, 6.45) is 0.799. The van der Waals surface area contributed by atoms with Crippen molar-refractivity contribution in [2.45, 2.75) is 18.5 Å². The highest BCUT2D eigenvalue weighted by Gasteiger charge is 2.30. The second-order valence-corrected chi connectivity index (χ2v) is 5.36. The third-order valence-electron chi connectivity index (χ3n) is 4.01. The van der Waals surface area contributed by atoms with Crippen molar-refractivity contribution >= 4 is 5.95 Å². The van der Waals surface area contributed by atoms with Crippen LogP contribution in [-0.2, 0) is 0 Å². The van der Waals surface area contributed by atoms with Gasteiger partial charge in [-0.1, -0.05) is 47.6 Å². The molecule has 2 unspecified atom stereocenters. The molecule has 0 spiro atoms. The Morgan fingerprint density at radius 3 is 2.55 bits per heavy atom. The second-order valence-electron chi connectivity index (χ2n) is 5.36. The monoisotopic (exact) mass is 295 g/mol. The molecule has 0 radical (unpaired) electrons. The van der Waals surface area contributed by atoms with Gasteiger partial charge in [0.15, 0.2) is 0 Å². The fourth-order valence-electron chi connectivity index (χ4n) is 2.90. The summed E-state index contributed by atoms with van der Waals surface area (Å²) < 4.78 is 14.9. The minimum Gasteiger partial charge on any atom is -0.346 e. The summed E-state index contributed by atoms with van der Waals surface area (Å²) in [5.41, 5.74) is 2.18. The molecule has 2 heterocycles. The van der Waals surface area contributed by atoms with Gasteiger partial charge in [-0.05, 0) is 40.1 Å². The summed E-state index contributed by atoms with van der Waals surface area (Å²) in [6.45, 7) is 0. The first-order valence-corrected chi connectivity index (χ1v) is 7.16. The van der Waals surface area contributed by atoms with Crippen LogP contribution in [0.1, 0.15) is 29.6 Å². The lowest BCUT2D eigenvalue weighted by Crippen LogP contribution is -2.28. The Bertz CT molecular complexity index is 769. The van der Waals surface area contributed by atoms with Crippen LogP contribution >= 0.6 is 0 Å². The van der Waals surface area contributed by atoms with Crippen molar-refractivity contribution in [1.29, 1.82) is 0 Å². The number of benzene rings is 2. The molecule has 1 aliphatic heterocycles. The molecule has 0 bridgehead atoms. The van der Waals surface area contributed by atoms with Gasteiger partial charge in [-0.25, -0.2) is 9.07 Å². The Kier molecular flexibility index (Phi) is 3.07. The van der Waals surface area contributed by atoms with Crippen LogP contribution in [-0.4, -0.2) is 20.2 Å². The minimum absolute atomic E-state index is 0.0166. The van der Waals surface area contributed by atoms with Crippen LogP contribution in [0.2, 0.25) is 0 Å². The molecule has 0 fully saturated rings. The van der Waals surface area contributed by atoms with Gasteiger partial charge in [-0.3, -0.25) is 0 Å². The summed E-state index contributed by atoms with van der Waals surface area (Å²) in [6, 6.07) is 16.8. The topological polar surface area (TPSA) is 55.6 Å². The number of nitrogens with zero attached hydrogens (tertiary/aromatic N) is 4. The van der Waals surface area contributed by atoms with E-state index in [4.69, 9.17) is 0 Å². The summed E-state index contributed by atoms with van der Waals surface area (Å²) in [5.74, 6) is 0.392.